The van der Waals surface area contributed by atoms with Crippen LogP contribution in [0, 0.1) is 0 Å². The van der Waals surface area contributed by atoms with Crippen molar-refractivity contribution in [2.24, 2.45) is 0 Å². The molecule has 1 aromatic heterocycles. The Morgan fingerprint density at radius 1 is 1.19 bits per heavy atom. The van der Waals surface area contributed by atoms with E-state index < -0.39 is 0 Å². The molecule has 110 valence electrons. The van der Waals surface area contributed by atoms with Crippen LogP contribution in [-0.2, 0) is 4.79 Å². The number of carbonyl (C=O) groups is 2. The Bertz CT molecular complexity index is 610. The quantitative estimate of drug-likeness (QED) is 0.861. The van der Waals surface area contributed by atoms with Crippen molar-refractivity contribution >= 4 is 28.2 Å². The number of hydrogen-bond donors (Lipinski definition) is 2. The van der Waals surface area contributed by atoms with Gasteiger partial charge in [0, 0.05) is 7.05 Å². The van der Waals surface area contributed by atoms with Crippen molar-refractivity contribution in [1.82, 2.24) is 5.32 Å². The number of benzene rings is 1. The predicted molar refractivity (Wildman–Crippen MR) is 82.9 cm³/mol. The molecule has 0 aliphatic heterocycles. The van der Waals surface area contributed by atoms with Crippen molar-refractivity contribution in [3.63, 3.8) is 0 Å². The van der Waals surface area contributed by atoms with Gasteiger partial charge in [0.2, 0.25) is 5.91 Å². The lowest BCUT2D eigenvalue weighted by atomic mass is 10.3. The molecule has 1 heterocycles. The smallest absolute Gasteiger partial charge is 0.254 e. The van der Waals surface area contributed by atoms with Gasteiger partial charge < -0.3 is 15.4 Å². The summed E-state index contributed by atoms with van der Waals surface area (Å²) in [6.45, 7) is 0.288. The Morgan fingerprint density at radius 2 is 1.95 bits per heavy atom. The Balaban J connectivity index is 1.82. The minimum atomic E-state index is -0.216. The second-order valence-corrected chi connectivity index (χ2v) is 5.12. The van der Waals surface area contributed by atoms with Crippen LogP contribution in [0.3, 0.4) is 0 Å². The first-order valence-electron chi connectivity index (χ1n) is 6.48. The summed E-state index contributed by atoms with van der Waals surface area (Å²) < 4.78 is 5.46. The van der Waals surface area contributed by atoms with Crippen molar-refractivity contribution in [2.75, 3.05) is 19.0 Å². The Labute approximate surface area is 126 Å². The summed E-state index contributed by atoms with van der Waals surface area (Å²) in [6, 6.07) is 11.0. The van der Waals surface area contributed by atoms with Crippen molar-refractivity contribution in [3.8, 4) is 5.75 Å². The molecule has 0 bridgehead atoms. The summed E-state index contributed by atoms with van der Waals surface area (Å²) >= 11 is 1.32. The van der Waals surface area contributed by atoms with E-state index in [-0.39, 0.29) is 24.8 Å². The number of amides is 2. The summed E-state index contributed by atoms with van der Waals surface area (Å²) in [7, 11) is 1.55. The minimum Gasteiger partial charge on any atom is -0.493 e. The molecular weight excluding hydrogens is 288 g/mol. The zero-order valence-electron chi connectivity index (χ0n) is 11.6. The van der Waals surface area contributed by atoms with Crippen molar-refractivity contribution in [2.45, 2.75) is 6.42 Å². The lowest BCUT2D eigenvalue weighted by Crippen LogP contribution is -2.20. The van der Waals surface area contributed by atoms with Crippen LogP contribution in [0.25, 0.3) is 0 Å². The van der Waals surface area contributed by atoms with Crippen LogP contribution in [0.2, 0.25) is 0 Å². The highest BCUT2D eigenvalue weighted by Crippen LogP contribution is 2.23. The molecule has 2 amide bonds. The molecule has 21 heavy (non-hydrogen) atoms. The normalized spacial score (nSPS) is 9.95. The minimum absolute atomic E-state index is 0.182. The van der Waals surface area contributed by atoms with Crippen LogP contribution in [-0.4, -0.2) is 25.5 Å². The molecular formula is C15H16N2O3S. The molecule has 0 unspecified atom stereocenters. The summed E-state index contributed by atoms with van der Waals surface area (Å²) in [4.78, 5) is 23.4. The van der Waals surface area contributed by atoms with E-state index in [1.807, 2.05) is 30.3 Å². The van der Waals surface area contributed by atoms with E-state index in [1.165, 1.54) is 11.3 Å². The van der Waals surface area contributed by atoms with E-state index in [4.69, 9.17) is 4.74 Å². The third kappa shape index (κ3) is 4.32. The molecule has 2 N–H and O–H groups in total. The SMILES string of the molecule is CNC(=O)c1ccsc1NC(=O)CCOc1ccccc1. The number of para-hydroxylation sites is 1. The van der Waals surface area contributed by atoms with E-state index in [0.29, 0.717) is 10.6 Å². The van der Waals surface area contributed by atoms with Crippen LogP contribution < -0.4 is 15.4 Å². The number of ether oxygens (including phenoxy) is 1. The van der Waals surface area contributed by atoms with Gasteiger partial charge in [0.25, 0.3) is 5.91 Å². The summed E-state index contributed by atoms with van der Waals surface area (Å²) in [5.74, 6) is 0.332. The maximum atomic E-state index is 11.8. The first-order valence-corrected chi connectivity index (χ1v) is 7.36. The molecule has 0 saturated heterocycles. The molecule has 0 aliphatic carbocycles. The monoisotopic (exact) mass is 304 g/mol. The number of hydrogen-bond acceptors (Lipinski definition) is 4. The van der Waals surface area contributed by atoms with Crippen LogP contribution in [0.4, 0.5) is 5.00 Å². The fraction of sp³-hybridized carbons (Fsp3) is 0.200. The molecule has 0 saturated carbocycles. The van der Waals surface area contributed by atoms with E-state index in [0.717, 1.165) is 5.75 Å². The molecule has 1 aromatic carbocycles. The molecule has 2 aromatic rings. The summed E-state index contributed by atoms with van der Waals surface area (Å²) in [5, 5.41) is 7.59. The lowest BCUT2D eigenvalue weighted by Gasteiger charge is -2.07. The molecule has 0 fully saturated rings. The first kappa shape index (κ1) is 15.1. The molecule has 0 aliphatic rings. The third-order valence-electron chi connectivity index (χ3n) is 2.73. The van der Waals surface area contributed by atoms with Crippen LogP contribution in [0.15, 0.2) is 41.8 Å². The molecule has 6 heteroatoms. The predicted octanol–water partition coefficient (Wildman–Crippen LogP) is 2.52. The van der Waals surface area contributed by atoms with Gasteiger partial charge in [-0.2, -0.15) is 0 Å². The fourth-order valence-corrected chi connectivity index (χ4v) is 2.49. The fourth-order valence-electron chi connectivity index (χ4n) is 1.69. The van der Waals surface area contributed by atoms with Crippen LogP contribution >= 0.6 is 11.3 Å². The van der Waals surface area contributed by atoms with Gasteiger partial charge in [-0.25, -0.2) is 0 Å². The largest absolute Gasteiger partial charge is 0.493 e. The zero-order chi connectivity index (χ0) is 15.1. The Kier molecular flexibility index (Phi) is 5.34. The second kappa shape index (κ2) is 7.44. The topological polar surface area (TPSA) is 67.4 Å². The highest BCUT2D eigenvalue weighted by atomic mass is 32.1. The molecule has 0 spiro atoms. The van der Waals surface area contributed by atoms with Gasteiger partial charge in [-0.3, -0.25) is 9.59 Å². The highest BCUT2D eigenvalue weighted by molar-refractivity contribution is 7.14. The van der Waals surface area contributed by atoms with Gasteiger partial charge in [-0.05, 0) is 23.6 Å². The van der Waals surface area contributed by atoms with Gasteiger partial charge in [-0.1, -0.05) is 18.2 Å². The second-order valence-electron chi connectivity index (χ2n) is 4.20. The van der Waals surface area contributed by atoms with E-state index in [9.17, 15) is 9.59 Å². The molecule has 0 atom stereocenters. The number of carbonyl (C=O) groups excluding carboxylic acids is 2. The maximum absolute atomic E-state index is 11.8. The van der Waals surface area contributed by atoms with Gasteiger partial charge >= 0.3 is 0 Å². The lowest BCUT2D eigenvalue weighted by molar-refractivity contribution is -0.116. The average molecular weight is 304 g/mol. The first-order chi connectivity index (χ1) is 10.2. The molecule has 0 radical (unpaired) electrons. The van der Waals surface area contributed by atoms with Crippen molar-refractivity contribution < 1.29 is 14.3 Å². The van der Waals surface area contributed by atoms with E-state index in [1.54, 1.807) is 18.5 Å². The molecule has 5 nitrogen and oxygen atoms in total. The number of nitrogens with one attached hydrogen (secondary N) is 2. The van der Waals surface area contributed by atoms with Crippen molar-refractivity contribution in [1.29, 1.82) is 0 Å². The molecule has 2 rings (SSSR count). The van der Waals surface area contributed by atoms with Gasteiger partial charge in [-0.15, -0.1) is 11.3 Å². The van der Waals surface area contributed by atoms with Crippen molar-refractivity contribution in [3.05, 3.63) is 47.3 Å². The third-order valence-corrected chi connectivity index (χ3v) is 3.56. The number of anilines is 1. The Hall–Kier alpha value is -2.34. The standard InChI is InChI=1S/C15H16N2O3S/c1-16-14(19)12-8-10-21-15(12)17-13(18)7-9-20-11-5-3-2-4-6-11/h2-6,8,10H,7,9H2,1H3,(H,16,19)(H,17,18). The summed E-state index contributed by atoms with van der Waals surface area (Å²) in [5.41, 5.74) is 0.472. The van der Waals surface area contributed by atoms with Crippen LogP contribution in [0.1, 0.15) is 16.8 Å². The van der Waals surface area contributed by atoms with E-state index in [2.05, 4.69) is 10.6 Å². The average Bonchev–Trinajstić information content (AvgIpc) is 2.95. The zero-order valence-corrected chi connectivity index (χ0v) is 12.4. The highest BCUT2D eigenvalue weighted by Gasteiger charge is 2.13. The van der Waals surface area contributed by atoms with Crippen LogP contribution in [0.5, 0.6) is 5.75 Å². The number of rotatable bonds is 6. The number of thiophene rings is 1. The van der Waals surface area contributed by atoms with Gasteiger partial charge in [0.1, 0.15) is 10.8 Å². The maximum Gasteiger partial charge on any atom is 0.254 e. The van der Waals surface area contributed by atoms with E-state index >= 15 is 0 Å². The Morgan fingerprint density at radius 3 is 2.67 bits per heavy atom. The summed E-state index contributed by atoms with van der Waals surface area (Å²) in [6.07, 6.45) is 0.222. The van der Waals surface area contributed by atoms with Gasteiger partial charge in [0.15, 0.2) is 0 Å². The van der Waals surface area contributed by atoms with Gasteiger partial charge in [0.05, 0.1) is 18.6 Å².